The summed E-state index contributed by atoms with van der Waals surface area (Å²) in [5.41, 5.74) is 6.86. The zero-order chi connectivity index (χ0) is 12.2. The highest BCUT2D eigenvalue weighted by Gasteiger charge is 2.29. The summed E-state index contributed by atoms with van der Waals surface area (Å²) in [7, 11) is 0. The molecule has 0 saturated heterocycles. The van der Waals surface area contributed by atoms with Crippen LogP contribution in [-0.2, 0) is 0 Å². The van der Waals surface area contributed by atoms with Gasteiger partial charge < -0.3 is 11.1 Å². The summed E-state index contributed by atoms with van der Waals surface area (Å²) in [5, 5.41) is 3.58. The molecule has 2 heteroatoms. The second-order valence-corrected chi connectivity index (χ2v) is 6.64. The SMILES string of the molecule is CC(C)C(C)(C)CNCCC1(N)CCCC1. The van der Waals surface area contributed by atoms with Gasteiger partial charge in [0, 0.05) is 12.1 Å². The predicted molar refractivity (Wildman–Crippen MR) is 71.5 cm³/mol. The molecule has 0 aromatic carbocycles. The van der Waals surface area contributed by atoms with Gasteiger partial charge in [-0.05, 0) is 37.1 Å². The minimum Gasteiger partial charge on any atom is -0.325 e. The lowest BCUT2D eigenvalue weighted by molar-refractivity contribution is 0.234. The van der Waals surface area contributed by atoms with Gasteiger partial charge in [-0.3, -0.25) is 0 Å². The van der Waals surface area contributed by atoms with Crippen LogP contribution >= 0.6 is 0 Å². The first kappa shape index (κ1) is 14.0. The fraction of sp³-hybridized carbons (Fsp3) is 1.00. The highest BCUT2D eigenvalue weighted by molar-refractivity contribution is 4.89. The van der Waals surface area contributed by atoms with E-state index < -0.39 is 0 Å². The maximum Gasteiger partial charge on any atom is 0.0166 e. The van der Waals surface area contributed by atoms with Gasteiger partial charge in [-0.15, -0.1) is 0 Å². The number of nitrogens with one attached hydrogen (secondary N) is 1. The second-order valence-electron chi connectivity index (χ2n) is 6.64. The monoisotopic (exact) mass is 226 g/mol. The standard InChI is InChI=1S/C14H30N2/c1-12(2)13(3,4)11-16-10-9-14(15)7-5-6-8-14/h12,16H,5-11,15H2,1-4H3. The van der Waals surface area contributed by atoms with E-state index in [1.807, 2.05) is 0 Å². The van der Waals surface area contributed by atoms with E-state index in [1.165, 1.54) is 25.7 Å². The molecule has 3 N–H and O–H groups in total. The Bertz CT molecular complexity index is 196. The number of hydrogen-bond acceptors (Lipinski definition) is 2. The number of rotatable bonds is 6. The van der Waals surface area contributed by atoms with Crippen LogP contribution in [0.2, 0.25) is 0 Å². The zero-order valence-corrected chi connectivity index (χ0v) is 11.6. The highest BCUT2D eigenvalue weighted by atomic mass is 14.9. The maximum atomic E-state index is 6.33. The number of nitrogens with two attached hydrogens (primary N) is 1. The molecule has 0 bridgehead atoms. The topological polar surface area (TPSA) is 38.0 Å². The Hall–Kier alpha value is -0.0800. The smallest absolute Gasteiger partial charge is 0.0166 e. The molecule has 16 heavy (non-hydrogen) atoms. The van der Waals surface area contributed by atoms with Crippen LogP contribution < -0.4 is 11.1 Å². The van der Waals surface area contributed by atoms with E-state index in [4.69, 9.17) is 5.73 Å². The molecule has 0 amide bonds. The average Bonchev–Trinajstić information content (AvgIpc) is 2.60. The maximum absolute atomic E-state index is 6.33. The summed E-state index contributed by atoms with van der Waals surface area (Å²) >= 11 is 0. The minimum atomic E-state index is 0.148. The van der Waals surface area contributed by atoms with Crippen LogP contribution in [-0.4, -0.2) is 18.6 Å². The molecule has 0 spiro atoms. The molecular weight excluding hydrogens is 196 g/mol. The molecule has 0 aromatic rings. The molecule has 0 heterocycles. The van der Waals surface area contributed by atoms with Crippen molar-refractivity contribution in [3.8, 4) is 0 Å². The minimum absolute atomic E-state index is 0.148. The third kappa shape index (κ3) is 4.06. The largest absolute Gasteiger partial charge is 0.325 e. The van der Waals surface area contributed by atoms with Crippen molar-refractivity contribution in [1.29, 1.82) is 0 Å². The first-order valence-electron chi connectivity index (χ1n) is 6.85. The van der Waals surface area contributed by atoms with E-state index in [0.717, 1.165) is 25.4 Å². The van der Waals surface area contributed by atoms with E-state index in [0.29, 0.717) is 5.41 Å². The Morgan fingerprint density at radius 1 is 1.25 bits per heavy atom. The molecule has 1 fully saturated rings. The molecule has 96 valence electrons. The van der Waals surface area contributed by atoms with Crippen molar-refractivity contribution in [2.75, 3.05) is 13.1 Å². The van der Waals surface area contributed by atoms with Crippen LogP contribution in [0.3, 0.4) is 0 Å². The molecule has 2 nitrogen and oxygen atoms in total. The lowest BCUT2D eigenvalue weighted by Gasteiger charge is -2.30. The summed E-state index contributed by atoms with van der Waals surface area (Å²) in [6.07, 6.45) is 6.24. The van der Waals surface area contributed by atoms with Gasteiger partial charge in [0.2, 0.25) is 0 Å². The molecular formula is C14H30N2. The Labute approximate surface area is 101 Å². The van der Waals surface area contributed by atoms with E-state index in [1.54, 1.807) is 0 Å². The van der Waals surface area contributed by atoms with Gasteiger partial charge >= 0.3 is 0 Å². The Morgan fingerprint density at radius 3 is 2.31 bits per heavy atom. The highest BCUT2D eigenvalue weighted by Crippen LogP contribution is 2.30. The van der Waals surface area contributed by atoms with Crippen LogP contribution in [0.15, 0.2) is 0 Å². The fourth-order valence-corrected chi connectivity index (χ4v) is 2.28. The zero-order valence-electron chi connectivity index (χ0n) is 11.6. The van der Waals surface area contributed by atoms with Gasteiger partial charge in [0.25, 0.3) is 0 Å². The lowest BCUT2D eigenvalue weighted by Crippen LogP contribution is -2.41. The quantitative estimate of drug-likeness (QED) is 0.683. The Morgan fingerprint density at radius 2 is 1.81 bits per heavy atom. The molecule has 0 atom stereocenters. The van der Waals surface area contributed by atoms with Gasteiger partial charge in [-0.1, -0.05) is 40.5 Å². The summed E-state index contributed by atoms with van der Waals surface area (Å²) in [6, 6.07) is 0. The van der Waals surface area contributed by atoms with Crippen molar-refractivity contribution < 1.29 is 0 Å². The molecule has 0 radical (unpaired) electrons. The van der Waals surface area contributed by atoms with Crippen molar-refractivity contribution in [2.24, 2.45) is 17.1 Å². The van der Waals surface area contributed by atoms with Crippen LogP contribution in [0.1, 0.15) is 59.8 Å². The van der Waals surface area contributed by atoms with E-state index in [-0.39, 0.29) is 5.54 Å². The van der Waals surface area contributed by atoms with Crippen molar-refractivity contribution in [3.05, 3.63) is 0 Å². The molecule has 1 saturated carbocycles. The molecule has 1 rings (SSSR count). The normalized spacial score (nSPS) is 20.6. The lowest BCUT2D eigenvalue weighted by atomic mass is 9.81. The first-order chi connectivity index (χ1) is 7.36. The van der Waals surface area contributed by atoms with Crippen molar-refractivity contribution in [2.45, 2.75) is 65.3 Å². The van der Waals surface area contributed by atoms with Gasteiger partial charge in [0.1, 0.15) is 0 Å². The van der Waals surface area contributed by atoms with E-state index >= 15 is 0 Å². The van der Waals surface area contributed by atoms with Crippen molar-refractivity contribution in [3.63, 3.8) is 0 Å². The second kappa shape index (κ2) is 5.50. The van der Waals surface area contributed by atoms with Gasteiger partial charge in [-0.25, -0.2) is 0 Å². The van der Waals surface area contributed by atoms with E-state index in [2.05, 4.69) is 33.0 Å². The Kier molecular flexibility index (Phi) is 4.81. The summed E-state index contributed by atoms with van der Waals surface area (Å²) in [5.74, 6) is 0.721. The molecule has 1 aliphatic carbocycles. The third-order valence-electron chi connectivity index (χ3n) is 4.54. The Balaban J connectivity index is 2.16. The van der Waals surface area contributed by atoms with Gasteiger partial charge in [0.05, 0.1) is 0 Å². The van der Waals surface area contributed by atoms with Crippen LogP contribution in [0.25, 0.3) is 0 Å². The molecule has 0 unspecified atom stereocenters. The van der Waals surface area contributed by atoms with Crippen molar-refractivity contribution in [1.82, 2.24) is 5.32 Å². The van der Waals surface area contributed by atoms with Crippen LogP contribution in [0, 0.1) is 11.3 Å². The number of hydrogen-bond donors (Lipinski definition) is 2. The van der Waals surface area contributed by atoms with Crippen LogP contribution in [0.4, 0.5) is 0 Å². The van der Waals surface area contributed by atoms with Gasteiger partial charge in [0.15, 0.2) is 0 Å². The van der Waals surface area contributed by atoms with Crippen molar-refractivity contribution >= 4 is 0 Å². The molecule has 0 aliphatic heterocycles. The predicted octanol–water partition coefficient (Wildman–Crippen LogP) is 2.92. The third-order valence-corrected chi connectivity index (χ3v) is 4.54. The van der Waals surface area contributed by atoms with Crippen LogP contribution in [0.5, 0.6) is 0 Å². The first-order valence-corrected chi connectivity index (χ1v) is 6.85. The summed E-state index contributed by atoms with van der Waals surface area (Å²) in [4.78, 5) is 0. The fourth-order valence-electron chi connectivity index (χ4n) is 2.28. The average molecular weight is 226 g/mol. The summed E-state index contributed by atoms with van der Waals surface area (Å²) in [6.45, 7) is 11.4. The van der Waals surface area contributed by atoms with E-state index in [9.17, 15) is 0 Å². The van der Waals surface area contributed by atoms with Gasteiger partial charge in [-0.2, -0.15) is 0 Å². The molecule has 1 aliphatic rings. The molecule has 0 aromatic heterocycles. The summed E-state index contributed by atoms with van der Waals surface area (Å²) < 4.78 is 0.